The second-order valence-corrected chi connectivity index (χ2v) is 24.4. The third-order valence-corrected chi connectivity index (χ3v) is 10.7. The number of rotatable bonds is 13. The number of aliphatic imine (C=N–C) groups is 2. The van der Waals surface area contributed by atoms with Crippen molar-refractivity contribution in [1.82, 2.24) is 0 Å². The van der Waals surface area contributed by atoms with Crippen LogP contribution in [-0.2, 0) is 8.85 Å². The smallest absolute Gasteiger partial charge is 0.183 e. The predicted molar refractivity (Wildman–Crippen MR) is 173 cm³/mol. The zero-order valence-corrected chi connectivity index (χ0v) is 29.4. The molecule has 6 heteroatoms. The van der Waals surface area contributed by atoms with Crippen molar-refractivity contribution >= 4 is 28.1 Å². The highest BCUT2D eigenvalue weighted by molar-refractivity contribution is 6.70. The van der Waals surface area contributed by atoms with Gasteiger partial charge in [0.2, 0.25) is 0 Å². The van der Waals surface area contributed by atoms with Crippen LogP contribution in [0, 0.1) is 35.5 Å². The summed E-state index contributed by atoms with van der Waals surface area (Å²) in [5.74, 6) is 4.13. The van der Waals surface area contributed by atoms with E-state index in [9.17, 15) is 0 Å². The molecule has 2 aliphatic rings. The molecule has 222 valence electrons. The van der Waals surface area contributed by atoms with E-state index in [0.717, 1.165) is 50.7 Å². The fourth-order valence-corrected chi connectivity index (χ4v) is 8.60. The van der Waals surface area contributed by atoms with Crippen molar-refractivity contribution in [2.75, 3.05) is 13.2 Å². The number of nitrogens with zero attached hydrogens (tertiary/aromatic N) is 2. The van der Waals surface area contributed by atoms with Gasteiger partial charge in [0, 0.05) is 13.2 Å². The fourth-order valence-electron chi connectivity index (χ4n) is 7.08. The molecule has 2 fully saturated rings. The molecule has 0 aliphatic heterocycles. The fraction of sp³-hybridized carbons (Fsp3) is 0.938. The van der Waals surface area contributed by atoms with Gasteiger partial charge in [-0.3, -0.25) is 9.98 Å². The number of hydrogen-bond donors (Lipinski definition) is 0. The molecule has 0 N–H and O–H groups in total. The maximum atomic E-state index is 6.27. The van der Waals surface area contributed by atoms with Crippen LogP contribution in [0.15, 0.2) is 9.98 Å². The van der Waals surface area contributed by atoms with Crippen LogP contribution >= 0.6 is 0 Å². The molecule has 0 aromatic carbocycles. The van der Waals surface area contributed by atoms with Crippen molar-refractivity contribution in [1.29, 1.82) is 0 Å². The van der Waals surface area contributed by atoms with Gasteiger partial charge >= 0.3 is 0 Å². The molecular weight excluding hydrogens is 501 g/mol. The molecule has 0 radical (unpaired) electrons. The first-order valence-corrected chi connectivity index (χ1v) is 22.8. The molecule has 0 aromatic rings. The monoisotopic (exact) mass is 564 g/mol. The van der Waals surface area contributed by atoms with Crippen molar-refractivity contribution in [2.24, 2.45) is 45.5 Å². The van der Waals surface area contributed by atoms with E-state index in [4.69, 9.17) is 18.8 Å². The van der Waals surface area contributed by atoms with Gasteiger partial charge in [0.05, 0.1) is 23.5 Å². The lowest BCUT2D eigenvalue weighted by Gasteiger charge is -2.37. The van der Waals surface area contributed by atoms with E-state index >= 15 is 0 Å². The Morgan fingerprint density at radius 3 is 1.11 bits per heavy atom. The van der Waals surface area contributed by atoms with Crippen LogP contribution in [-0.4, -0.2) is 53.4 Å². The normalized spacial score (nSPS) is 34.0. The quantitative estimate of drug-likeness (QED) is 0.127. The second kappa shape index (κ2) is 15.1. The average Bonchev–Trinajstić information content (AvgIpc) is 2.74. The van der Waals surface area contributed by atoms with Crippen LogP contribution < -0.4 is 0 Å². The Hall–Kier alpha value is -0.306. The van der Waals surface area contributed by atoms with Gasteiger partial charge in [0.25, 0.3) is 0 Å². The topological polar surface area (TPSA) is 43.2 Å². The molecule has 0 amide bonds. The van der Waals surface area contributed by atoms with Crippen LogP contribution in [0.3, 0.4) is 0 Å². The third kappa shape index (κ3) is 12.1. The van der Waals surface area contributed by atoms with Gasteiger partial charge in [0.15, 0.2) is 16.6 Å². The van der Waals surface area contributed by atoms with Crippen LogP contribution in [0.5, 0.6) is 0 Å². The first kappa shape index (κ1) is 33.9. The van der Waals surface area contributed by atoms with Crippen molar-refractivity contribution in [3.63, 3.8) is 0 Å². The lowest BCUT2D eigenvalue weighted by Crippen LogP contribution is -2.36. The SMILES string of the molecule is CC1CC(C)C(N=C(CCCO[Si](C)(C)C)C(CCCO[Si](C)(C)C)=NC2C(C)CC(C)CC2C)C(C)C1. The Morgan fingerprint density at radius 1 is 0.553 bits per heavy atom. The van der Waals surface area contributed by atoms with Crippen LogP contribution in [0.25, 0.3) is 0 Å². The molecule has 4 unspecified atom stereocenters. The summed E-state index contributed by atoms with van der Waals surface area (Å²) in [6, 6.07) is 0.813. The first-order valence-electron chi connectivity index (χ1n) is 16.0. The molecule has 0 saturated heterocycles. The third-order valence-electron chi connectivity index (χ3n) is 8.56. The van der Waals surface area contributed by atoms with Gasteiger partial charge in [-0.25, -0.2) is 0 Å². The van der Waals surface area contributed by atoms with Gasteiger partial charge in [-0.1, -0.05) is 41.5 Å². The molecule has 4 atom stereocenters. The van der Waals surface area contributed by atoms with Crippen LogP contribution in [0.2, 0.25) is 39.3 Å². The van der Waals surface area contributed by atoms with E-state index in [1.54, 1.807) is 0 Å². The molecule has 0 aromatic heterocycles. The zero-order chi connectivity index (χ0) is 28.7. The molecule has 0 heterocycles. The highest BCUT2D eigenvalue weighted by Gasteiger charge is 2.34. The Kier molecular flexibility index (Phi) is 13.4. The minimum Gasteiger partial charge on any atom is -0.418 e. The van der Waals surface area contributed by atoms with E-state index in [1.165, 1.54) is 37.1 Å². The highest BCUT2D eigenvalue weighted by Crippen LogP contribution is 2.37. The Balaban J connectivity index is 2.38. The van der Waals surface area contributed by atoms with Gasteiger partial charge < -0.3 is 8.85 Å². The summed E-state index contributed by atoms with van der Waals surface area (Å²) in [6.07, 6.45) is 9.18. The van der Waals surface area contributed by atoms with Gasteiger partial charge in [0.1, 0.15) is 0 Å². The predicted octanol–water partition coefficient (Wildman–Crippen LogP) is 9.27. The van der Waals surface area contributed by atoms with Gasteiger partial charge in [-0.05, 0) is 126 Å². The number of hydrogen-bond acceptors (Lipinski definition) is 4. The van der Waals surface area contributed by atoms with E-state index in [-0.39, 0.29) is 0 Å². The summed E-state index contributed by atoms with van der Waals surface area (Å²) in [7, 11) is -3.03. The molecule has 38 heavy (non-hydrogen) atoms. The molecule has 2 aliphatic carbocycles. The summed E-state index contributed by atoms with van der Waals surface area (Å²) in [6.45, 7) is 29.9. The zero-order valence-electron chi connectivity index (χ0n) is 27.4. The Morgan fingerprint density at radius 2 is 0.842 bits per heavy atom. The lowest BCUT2D eigenvalue weighted by molar-refractivity contribution is 0.196. The minimum atomic E-state index is -1.52. The molecule has 4 nitrogen and oxygen atoms in total. The van der Waals surface area contributed by atoms with Crippen molar-refractivity contribution in [3.05, 3.63) is 0 Å². The second-order valence-electron chi connectivity index (χ2n) is 15.3. The maximum Gasteiger partial charge on any atom is 0.183 e. The van der Waals surface area contributed by atoms with E-state index in [1.807, 2.05) is 0 Å². The first-order chi connectivity index (χ1) is 17.6. The molecule has 0 bridgehead atoms. The van der Waals surface area contributed by atoms with E-state index in [0.29, 0.717) is 35.8 Å². The minimum absolute atomic E-state index is 0.406. The van der Waals surface area contributed by atoms with Crippen LogP contribution in [0.1, 0.15) is 92.9 Å². The van der Waals surface area contributed by atoms with Gasteiger partial charge in [-0.2, -0.15) is 0 Å². The van der Waals surface area contributed by atoms with Crippen molar-refractivity contribution in [2.45, 2.75) is 144 Å². The maximum absolute atomic E-state index is 6.27. The molecule has 2 rings (SSSR count). The average molecular weight is 565 g/mol. The van der Waals surface area contributed by atoms with E-state index in [2.05, 4.69) is 80.8 Å². The summed E-state index contributed by atoms with van der Waals surface area (Å²) in [4.78, 5) is 11.3. The van der Waals surface area contributed by atoms with Crippen LogP contribution in [0.4, 0.5) is 0 Å². The summed E-state index contributed by atoms with van der Waals surface area (Å²) < 4.78 is 12.5. The highest BCUT2D eigenvalue weighted by atomic mass is 28.4. The summed E-state index contributed by atoms with van der Waals surface area (Å²) in [5, 5.41) is 0. The largest absolute Gasteiger partial charge is 0.418 e. The van der Waals surface area contributed by atoms with Crippen molar-refractivity contribution < 1.29 is 8.85 Å². The molecular formula is C32H64N2O2Si2. The lowest BCUT2D eigenvalue weighted by atomic mass is 9.73. The Bertz CT molecular complexity index is 682. The van der Waals surface area contributed by atoms with E-state index < -0.39 is 16.6 Å². The summed E-state index contributed by atoms with van der Waals surface area (Å²) in [5.41, 5.74) is 2.57. The Labute approximate surface area is 239 Å². The standard InChI is InChI=1S/C32H64N2O2Si2/c1-23-19-25(3)31(26(4)20-23)33-29(15-13-17-35-37(7,8)9)30(16-14-18-36-38(10,11)12)34-32-27(5)21-24(2)22-28(32)6/h23-28,31-32H,13-22H2,1-12H3. The van der Waals surface area contributed by atoms with Crippen molar-refractivity contribution in [3.8, 4) is 0 Å². The molecule has 2 saturated carbocycles. The van der Waals surface area contributed by atoms with Gasteiger partial charge in [-0.15, -0.1) is 0 Å². The summed E-state index contributed by atoms with van der Waals surface area (Å²) >= 11 is 0. The molecule has 0 spiro atoms.